The molecule has 1 aromatic carbocycles. The Bertz CT molecular complexity index is 667. The zero-order chi connectivity index (χ0) is 14.7. The number of aromatic amines is 1. The van der Waals surface area contributed by atoms with Crippen molar-refractivity contribution in [2.24, 2.45) is 0 Å². The van der Waals surface area contributed by atoms with Gasteiger partial charge in [0.05, 0.1) is 5.52 Å². The van der Waals surface area contributed by atoms with E-state index < -0.39 is 0 Å². The molecule has 1 saturated heterocycles. The Balaban J connectivity index is 1.69. The molecule has 3 rings (SSSR count). The number of benzene rings is 1. The van der Waals surface area contributed by atoms with Gasteiger partial charge in [-0.25, -0.2) is 4.98 Å². The summed E-state index contributed by atoms with van der Waals surface area (Å²) >= 11 is 5.20. The summed E-state index contributed by atoms with van der Waals surface area (Å²) in [5.41, 5.74) is 1.03. The van der Waals surface area contributed by atoms with Gasteiger partial charge in [0, 0.05) is 24.5 Å². The van der Waals surface area contributed by atoms with E-state index in [2.05, 4.69) is 33.2 Å². The summed E-state index contributed by atoms with van der Waals surface area (Å²) in [7, 11) is 0. The maximum absolute atomic E-state index is 5.20. The molecule has 2 N–H and O–H groups in total. The largest absolute Gasteiger partial charge is 0.368 e. The summed E-state index contributed by atoms with van der Waals surface area (Å²) in [6.45, 7) is 5.50. The van der Waals surface area contributed by atoms with Gasteiger partial charge >= 0.3 is 0 Å². The van der Waals surface area contributed by atoms with Crippen molar-refractivity contribution in [2.45, 2.75) is 32.2 Å². The van der Waals surface area contributed by atoms with Crippen molar-refractivity contribution in [3.63, 3.8) is 0 Å². The van der Waals surface area contributed by atoms with Crippen molar-refractivity contribution in [2.75, 3.05) is 25.0 Å². The van der Waals surface area contributed by atoms with Gasteiger partial charge in [0.25, 0.3) is 0 Å². The summed E-state index contributed by atoms with van der Waals surface area (Å²) in [6, 6.07) is 8.83. The van der Waals surface area contributed by atoms with E-state index in [0.717, 1.165) is 29.8 Å². The van der Waals surface area contributed by atoms with Crippen LogP contribution >= 0.6 is 12.2 Å². The van der Waals surface area contributed by atoms with Crippen LogP contribution < -0.4 is 5.32 Å². The van der Waals surface area contributed by atoms with Crippen LogP contribution in [0.2, 0.25) is 0 Å². The first-order valence-electron chi connectivity index (χ1n) is 7.71. The number of H-pyrrole nitrogens is 1. The lowest BCUT2D eigenvalue weighted by molar-refractivity contribution is 0.167. The number of anilines is 1. The molecule has 0 amide bonds. The second-order valence-electron chi connectivity index (χ2n) is 5.74. The molecular weight excluding hydrogens is 280 g/mol. The van der Waals surface area contributed by atoms with Gasteiger partial charge in [0.2, 0.25) is 0 Å². The Morgan fingerprint density at radius 3 is 3.10 bits per heavy atom. The molecule has 21 heavy (non-hydrogen) atoms. The van der Waals surface area contributed by atoms with Gasteiger partial charge in [-0.15, -0.1) is 0 Å². The molecule has 0 spiro atoms. The summed E-state index contributed by atoms with van der Waals surface area (Å²) in [5, 5.41) is 4.55. The molecule has 112 valence electrons. The summed E-state index contributed by atoms with van der Waals surface area (Å²) in [4.78, 5) is 10.1. The van der Waals surface area contributed by atoms with Crippen LogP contribution in [0.5, 0.6) is 0 Å². The molecule has 2 heterocycles. The van der Waals surface area contributed by atoms with Crippen LogP contribution in [0, 0.1) is 4.77 Å². The van der Waals surface area contributed by atoms with E-state index in [0.29, 0.717) is 10.8 Å². The van der Waals surface area contributed by atoms with Gasteiger partial charge < -0.3 is 10.3 Å². The molecule has 1 aromatic heterocycles. The highest BCUT2D eigenvalue weighted by molar-refractivity contribution is 7.71. The summed E-state index contributed by atoms with van der Waals surface area (Å²) in [5.74, 6) is 0.888. The van der Waals surface area contributed by atoms with Gasteiger partial charge in [-0.3, -0.25) is 4.90 Å². The molecule has 1 atom stereocenters. The third-order valence-corrected chi connectivity index (χ3v) is 4.46. The maximum Gasteiger partial charge on any atom is 0.199 e. The average molecular weight is 302 g/mol. The van der Waals surface area contributed by atoms with Crippen molar-refractivity contribution in [1.82, 2.24) is 14.9 Å². The molecule has 1 fully saturated rings. The quantitative estimate of drug-likeness (QED) is 0.847. The number of likely N-dealkylation sites (tertiary alicyclic amines) is 1. The minimum absolute atomic E-state index is 0.530. The number of hydrogen-bond donors (Lipinski definition) is 2. The fraction of sp³-hybridized carbons (Fsp3) is 0.500. The van der Waals surface area contributed by atoms with E-state index >= 15 is 0 Å². The van der Waals surface area contributed by atoms with E-state index in [1.165, 1.54) is 25.8 Å². The fourth-order valence-corrected chi connectivity index (χ4v) is 3.25. The zero-order valence-corrected chi connectivity index (χ0v) is 13.2. The topological polar surface area (TPSA) is 44.0 Å². The maximum atomic E-state index is 5.20. The number of fused-ring (bicyclic) bond motifs is 1. The number of nitrogens with one attached hydrogen (secondary N) is 2. The molecule has 5 heteroatoms. The highest BCUT2D eigenvalue weighted by atomic mass is 32.1. The second-order valence-corrected chi connectivity index (χ2v) is 6.13. The summed E-state index contributed by atoms with van der Waals surface area (Å²) < 4.78 is 0.530. The lowest BCUT2D eigenvalue weighted by Gasteiger charge is -2.33. The van der Waals surface area contributed by atoms with E-state index in [4.69, 9.17) is 12.2 Å². The highest BCUT2D eigenvalue weighted by Gasteiger charge is 2.17. The lowest BCUT2D eigenvalue weighted by Crippen LogP contribution is -2.40. The predicted molar refractivity (Wildman–Crippen MR) is 90.3 cm³/mol. The van der Waals surface area contributed by atoms with E-state index in [-0.39, 0.29) is 0 Å². The normalized spacial score (nSPS) is 19.8. The number of para-hydroxylation sites is 1. The first kappa shape index (κ1) is 14.5. The SMILES string of the molecule is C[C@H]1CCCCN1CCNc1nc(=S)[nH]c2ccccc12. The molecule has 0 radical (unpaired) electrons. The Kier molecular flexibility index (Phi) is 4.51. The third-order valence-electron chi connectivity index (χ3n) is 4.27. The Morgan fingerprint density at radius 1 is 1.38 bits per heavy atom. The van der Waals surface area contributed by atoms with Crippen molar-refractivity contribution < 1.29 is 0 Å². The molecule has 2 aromatic rings. The highest BCUT2D eigenvalue weighted by Crippen LogP contribution is 2.19. The van der Waals surface area contributed by atoms with Gasteiger partial charge in [-0.2, -0.15) is 0 Å². The Hall–Kier alpha value is -1.46. The van der Waals surface area contributed by atoms with Gasteiger partial charge in [-0.1, -0.05) is 18.6 Å². The van der Waals surface area contributed by atoms with Crippen molar-refractivity contribution in [3.05, 3.63) is 29.0 Å². The molecule has 0 saturated carbocycles. The number of aromatic nitrogens is 2. The van der Waals surface area contributed by atoms with Crippen LogP contribution in [0.25, 0.3) is 10.9 Å². The lowest BCUT2D eigenvalue weighted by atomic mass is 10.0. The Labute approximate surface area is 130 Å². The van der Waals surface area contributed by atoms with E-state index in [9.17, 15) is 0 Å². The minimum Gasteiger partial charge on any atom is -0.368 e. The van der Waals surface area contributed by atoms with Crippen molar-refractivity contribution >= 4 is 28.9 Å². The number of nitrogens with zero attached hydrogens (tertiary/aromatic N) is 2. The molecule has 0 aliphatic carbocycles. The first-order chi connectivity index (χ1) is 10.2. The van der Waals surface area contributed by atoms with Gasteiger partial charge in [-0.05, 0) is 50.7 Å². The van der Waals surface area contributed by atoms with Crippen LogP contribution in [-0.2, 0) is 0 Å². The van der Waals surface area contributed by atoms with Crippen LogP contribution in [0.1, 0.15) is 26.2 Å². The third kappa shape index (κ3) is 3.41. The predicted octanol–water partition coefficient (Wildman–Crippen LogP) is 3.58. The first-order valence-corrected chi connectivity index (χ1v) is 8.12. The van der Waals surface area contributed by atoms with Crippen molar-refractivity contribution in [3.8, 4) is 0 Å². The average Bonchev–Trinajstić information content (AvgIpc) is 2.49. The molecule has 4 nitrogen and oxygen atoms in total. The second kappa shape index (κ2) is 6.54. The molecule has 0 bridgehead atoms. The van der Waals surface area contributed by atoms with Crippen LogP contribution in [0.3, 0.4) is 0 Å². The number of hydrogen-bond acceptors (Lipinski definition) is 4. The molecular formula is C16H22N4S. The molecule has 1 aliphatic rings. The fourth-order valence-electron chi connectivity index (χ4n) is 3.05. The minimum atomic E-state index is 0.530. The van der Waals surface area contributed by atoms with Gasteiger partial charge in [0.1, 0.15) is 5.82 Å². The summed E-state index contributed by atoms with van der Waals surface area (Å²) in [6.07, 6.45) is 4.00. The van der Waals surface area contributed by atoms with Crippen LogP contribution in [0.15, 0.2) is 24.3 Å². The zero-order valence-electron chi connectivity index (χ0n) is 12.4. The van der Waals surface area contributed by atoms with Gasteiger partial charge in [0.15, 0.2) is 4.77 Å². The van der Waals surface area contributed by atoms with Crippen LogP contribution in [0.4, 0.5) is 5.82 Å². The Morgan fingerprint density at radius 2 is 2.24 bits per heavy atom. The monoisotopic (exact) mass is 302 g/mol. The van der Waals surface area contributed by atoms with E-state index in [1.54, 1.807) is 0 Å². The standard InChI is InChI=1S/C16H22N4S/c1-12-6-4-5-10-20(12)11-9-17-15-13-7-2-3-8-14(13)18-16(21)19-15/h2-3,7-8,12H,4-6,9-11H2,1H3,(H2,17,18,19,21)/t12-/m0/s1. The smallest absolute Gasteiger partial charge is 0.199 e. The van der Waals surface area contributed by atoms with Crippen molar-refractivity contribution in [1.29, 1.82) is 0 Å². The number of piperidine rings is 1. The van der Waals surface area contributed by atoms with Crippen LogP contribution in [-0.4, -0.2) is 40.5 Å². The van der Waals surface area contributed by atoms with E-state index in [1.807, 2.05) is 18.2 Å². The molecule has 0 unspecified atom stereocenters. The molecule has 1 aliphatic heterocycles. The number of rotatable bonds is 4.